The van der Waals surface area contributed by atoms with E-state index in [1.807, 2.05) is 13.0 Å². The molecule has 8 heteroatoms. The van der Waals surface area contributed by atoms with Crippen molar-refractivity contribution in [3.63, 3.8) is 0 Å². The summed E-state index contributed by atoms with van der Waals surface area (Å²) in [6, 6.07) is 11.5. The zero-order valence-electron chi connectivity index (χ0n) is 18.0. The van der Waals surface area contributed by atoms with Gasteiger partial charge in [0.15, 0.2) is 16.7 Å². The average Bonchev–Trinajstić information content (AvgIpc) is 3.21. The lowest BCUT2D eigenvalue weighted by atomic mass is 10.0. The molecule has 3 aromatic rings. The van der Waals surface area contributed by atoms with Crippen LogP contribution in [0.2, 0.25) is 0 Å². The van der Waals surface area contributed by atoms with E-state index in [4.69, 9.17) is 4.52 Å². The second-order valence-electron chi connectivity index (χ2n) is 8.15. The highest BCUT2D eigenvalue weighted by Gasteiger charge is 2.18. The van der Waals surface area contributed by atoms with Crippen molar-refractivity contribution >= 4 is 23.5 Å². The summed E-state index contributed by atoms with van der Waals surface area (Å²) in [6.07, 6.45) is 1.45. The molecular weight excluding hydrogens is 401 g/mol. The maximum absolute atomic E-state index is 14.6. The lowest BCUT2D eigenvalue weighted by Crippen LogP contribution is -2.37. The van der Waals surface area contributed by atoms with Crippen LogP contribution in [0.1, 0.15) is 37.6 Å². The molecule has 2 aromatic heterocycles. The molecule has 0 radical (unpaired) electrons. The van der Waals surface area contributed by atoms with Gasteiger partial charge in [0.1, 0.15) is 6.26 Å². The molecule has 0 aliphatic rings. The number of pyridine rings is 1. The van der Waals surface area contributed by atoms with Crippen LogP contribution in [0.15, 0.2) is 52.2 Å². The summed E-state index contributed by atoms with van der Waals surface area (Å²) in [5.41, 5.74) is 3.91. The number of hydrogen-bond acceptors (Lipinski definition) is 7. The van der Waals surface area contributed by atoms with Crippen LogP contribution >= 0.6 is 11.9 Å². The van der Waals surface area contributed by atoms with Gasteiger partial charge in [-0.25, -0.2) is 9.37 Å². The normalized spacial score (nSPS) is 11.7. The highest BCUT2D eigenvalue weighted by Crippen LogP contribution is 2.26. The monoisotopic (exact) mass is 429 g/mol. The van der Waals surface area contributed by atoms with E-state index in [0.29, 0.717) is 18.1 Å². The summed E-state index contributed by atoms with van der Waals surface area (Å²) >= 11 is 1.06. The first-order valence-electron chi connectivity index (χ1n) is 9.76. The summed E-state index contributed by atoms with van der Waals surface area (Å²) in [6.45, 7) is 9.89. The molecule has 0 saturated heterocycles. The van der Waals surface area contributed by atoms with E-state index in [2.05, 4.69) is 71.1 Å². The Morgan fingerprint density at radius 1 is 1.17 bits per heavy atom. The fourth-order valence-electron chi connectivity index (χ4n) is 2.74. The Kier molecular flexibility index (Phi) is 6.99. The van der Waals surface area contributed by atoms with Gasteiger partial charge in [-0.15, -0.1) is 0 Å². The smallest absolute Gasteiger partial charge is 0.179 e. The third-order valence-electron chi connectivity index (χ3n) is 4.96. The van der Waals surface area contributed by atoms with E-state index in [0.717, 1.165) is 24.2 Å². The lowest BCUT2D eigenvalue weighted by molar-refractivity contribution is 0.167. The molecule has 160 valence electrons. The molecule has 0 bridgehead atoms. The minimum absolute atomic E-state index is 0.0810. The van der Waals surface area contributed by atoms with Gasteiger partial charge < -0.3 is 14.6 Å². The summed E-state index contributed by atoms with van der Waals surface area (Å²) in [5.74, 6) is 0.114. The predicted octanol–water partition coefficient (Wildman–Crippen LogP) is 5.48. The molecule has 6 nitrogen and oxygen atoms in total. The van der Waals surface area contributed by atoms with E-state index in [1.54, 1.807) is 6.07 Å². The van der Waals surface area contributed by atoms with E-state index >= 15 is 0 Å². The molecule has 3 rings (SSSR count). The Morgan fingerprint density at radius 2 is 1.90 bits per heavy atom. The van der Waals surface area contributed by atoms with Crippen LogP contribution in [0.5, 0.6) is 0 Å². The maximum atomic E-state index is 14.6. The Bertz CT molecular complexity index is 972. The number of halogens is 1. The van der Waals surface area contributed by atoms with Gasteiger partial charge in [0.05, 0.1) is 11.4 Å². The first-order valence-corrected chi connectivity index (χ1v) is 10.6. The lowest BCUT2D eigenvalue weighted by Gasteiger charge is -2.32. The molecule has 0 spiro atoms. The molecule has 30 heavy (non-hydrogen) atoms. The van der Waals surface area contributed by atoms with E-state index in [1.165, 1.54) is 23.5 Å². The molecular formula is C22H28FN5OS. The maximum Gasteiger partial charge on any atom is 0.179 e. The van der Waals surface area contributed by atoms with Crippen LogP contribution in [0, 0.1) is 12.7 Å². The van der Waals surface area contributed by atoms with E-state index in [9.17, 15) is 4.39 Å². The third-order valence-corrected chi connectivity index (χ3v) is 5.76. The molecule has 0 unspecified atom stereocenters. The van der Waals surface area contributed by atoms with Crippen molar-refractivity contribution in [3.8, 4) is 0 Å². The van der Waals surface area contributed by atoms with Crippen LogP contribution in [-0.4, -0.2) is 27.6 Å². The van der Waals surface area contributed by atoms with Gasteiger partial charge in [0, 0.05) is 42.7 Å². The standard InChI is InChI=1S/C22H28FN5OS/c1-15-19(12-18(23)21(25-15)30-27-20-10-11-29-26-20)24-13-16-8-6-7-9-17(16)14-28(5)22(2,3)4/h6-12,24H,13-14H2,1-5H3,(H,26,27). The number of anilines is 2. The number of aromatic nitrogens is 2. The van der Waals surface area contributed by atoms with Gasteiger partial charge in [-0.05, 0) is 45.9 Å². The summed E-state index contributed by atoms with van der Waals surface area (Å²) in [4.78, 5) is 6.70. The highest BCUT2D eigenvalue weighted by molar-refractivity contribution is 8.00. The van der Waals surface area contributed by atoms with Crippen LogP contribution in [0.25, 0.3) is 0 Å². The quantitative estimate of drug-likeness (QED) is 0.460. The first-order chi connectivity index (χ1) is 14.2. The number of benzene rings is 1. The largest absolute Gasteiger partial charge is 0.379 e. The van der Waals surface area contributed by atoms with Crippen LogP contribution < -0.4 is 10.0 Å². The van der Waals surface area contributed by atoms with Crippen LogP contribution in [0.4, 0.5) is 15.9 Å². The van der Waals surface area contributed by atoms with Crippen molar-refractivity contribution in [3.05, 3.63) is 65.3 Å². The van der Waals surface area contributed by atoms with E-state index < -0.39 is 5.82 Å². The van der Waals surface area contributed by atoms with Crippen molar-refractivity contribution in [1.29, 1.82) is 0 Å². The van der Waals surface area contributed by atoms with E-state index in [-0.39, 0.29) is 10.6 Å². The zero-order chi connectivity index (χ0) is 21.7. The number of aryl methyl sites for hydroxylation is 1. The minimum atomic E-state index is -0.398. The zero-order valence-corrected chi connectivity index (χ0v) is 18.8. The second-order valence-corrected chi connectivity index (χ2v) is 8.94. The minimum Gasteiger partial charge on any atom is -0.379 e. The van der Waals surface area contributed by atoms with Gasteiger partial charge in [0.2, 0.25) is 0 Å². The topological polar surface area (TPSA) is 66.2 Å². The molecule has 0 saturated carbocycles. The summed E-state index contributed by atoms with van der Waals surface area (Å²) in [5, 5.41) is 7.33. The van der Waals surface area contributed by atoms with Crippen molar-refractivity contribution in [2.45, 2.75) is 51.3 Å². The van der Waals surface area contributed by atoms with Crippen molar-refractivity contribution in [2.75, 3.05) is 17.1 Å². The fourth-order valence-corrected chi connectivity index (χ4v) is 3.39. The van der Waals surface area contributed by atoms with Crippen LogP contribution in [-0.2, 0) is 13.1 Å². The van der Waals surface area contributed by atoms with Crippen LogP contribution in [0.3, 0.4) is 0 Å². The summed E-state index contributed by atoms with van der Waals surface area (Å²) in [7, 11) is 2.12. The SMILES string of the molecule is Cc1nc(SNc2ccon2)c(F)cc1NCc1ccccc1CN(C)C(C)(C)C. The van der Waals surface area contributed by atoms with Gasteiger partial charge in [0.25, 0.3) is 0 Å². The molecule has 0 aliphatic heterocycles. The van der Waals surface area contributed by atoms with Crippen molar-refractivity contribution < 1.29 is 8.91 Å². The number of nitrogens with one attached hydrogen (secondary N) is 2. The molecule has 2 heterocycles. The molecule has 0 fully saturated rings. The molecule has 0 atom stereocenters. The molecule has 0 aliphatic carbocycles. The van der Waals surface area contributed by atoms with Gasteiger partial charge >= 0.3 is 0 Å². The summed E-state index contributed by atoms with van der Waals surface area (Å²) < 4.78 is 22.2. The number of rotatable bonds is 8. The molecule has 2 N–H and O–H groups in total. The Morgan fingerprint density at radius 3 is 2.57 bits per heavy atom. The van der Waals surface area contributed by atoms with Crippen molar-refractivity contribution in [2.24, 2.45) is 0 Å². The Labute approximate surface area is 181 Å². The first kappa shape index (κ1) is 22.1. The average molecular weight is 430 g/mol. The molecule has 1 aromatic carbocycles. The fraction of sp³-hybridized carbons (Fsp3) is 0.364. The van der Waals surface area contributed by atoms with Gasteiger partial charge in [-0.3, -0.25) is 4.90 Å². The van der Waals surface area contributed by atoms with Gasteiger partial charge in [-0.2, -0.15) is 0 Å². The third kappa shape index (κ3) is 5.73. The highest BCUT2D eigenvalue weighted by atomic mass is 32.2. The number of hydrogen-bond donors (Lipinski definition) is 2. The van der Waals surface area contributed by atoms with Crippen molar-refractivity contribution in [1.82, 2.24) is 15.0 Å². The van der Waals surface area contributed by atoms with Gasteiger partial charge in [-0.1, -0.05) is 29.4 Å². The second kappa shape index (κ2) is 9.49. The molecule has 0 amide bonds. The predicted molar refractivity (Wildman–Crippen MR) is 120 cm³/mol. The number of nitrogens with zero attached hydrogens (tertiary/aromatic N) is 3. The Balaban J connectivity index is 1.68. The Hall–Kier alpha value is -2.58.